The van der Waals surface area contributed by atoms with Gasteiger partial charge in [-0.05, 0) is 30.6 Å². The third-order valence-corrected chi connectivity index (χ3v) is 5.18. The molecule has 0 aromatic heterocycles. The normalized spacial score (nSPS) is 21.9. The highest BCUT2D eigenvalue weighted by atomic mass is 16.6. The monoisotopic (exact) mass is 368 g/mol. The fourth-order valence-corrected chi connectivity index (χ4v) is 3.46. The molecule has 1 heterocycles. The highest BCUT2D eigenvalue weighted by Crippen LogP contribution is 2.32. The number of hydrogen-bond acceptors (Lipinski definition) is 5. The van der Waals surface area contributed by atoms with Crippen LogP contribution in [0, 0.1) is 17.8 Å². The molecule has 1 saturated heterocycles. The predicted octanol–water partition coefficient (Wildman–Crippen LogP) is 4.03. The lowest BCUT2D eigenvalue weighted by atomic mass is 9.83. The zero-order valence-electron chi connectivity index (χ0n) is 17.0. The number of rotatable bonds is 11. The Labute approximate surface area is 158 Å². The van der Waals surface area contributed by atoms with Gasteiger partial charge in [-0.15, -0.1) is 0 Å². The first-order chi connectivity index (χ1) is 12.2. The summed E-state index contributed by atoms with van der Waals surface area (Å²) >= 11 is 0. The first-order valence-electron chi connectivity index (χ1n) is 9.93. The van der Waals surface area contributed by atoms with Gasteiger partial charge in [0.2, 0.25) is 0 Å². The number of carbonyl (C=O) groups excluding carboxylic acids is 2. The van der Waals surface area contributed by atoms with Gasteiger partial charge in [0, 0.05) is 18.4 Å². The second-order valence-corrected chi connectivity index (χ2v) is 8.15. The van der Waals surface area contributed by atoms with Crippen LogP contribution in [0.15, 0.2) is 11.6 Å². The van der Waals surface area contributed by atoms with E-state index in [1.54, 1.807) is 0 Å². The summed E-state index contributed by atoms with van der Waals surface area (Å²) in [5.74, 6) is 0.302. The van der Waals surface area contributed by atoms with E-state index in [0.29, 0.717) is 30.3 Å². The molecule has 0 aliphatic carbocycles. The lowest BCUT2D eigenvalue weighted by molar-refractivity contribution is -0.167. The Morgan fingerprint density at radius 1 is 1.27 bits per heavy atom. The zero-order chi connectivity index (χ0) is 19.7. The summed E-state index contributed by atoms with van der Waals surface area (Å²) in [4.78, 5) is 24.3. The summed E-state index contributed by atoms with van der Waals surface area (Å²) in [7, 11) is 0. The van der Waals surface area contributed by atoms with Crippen LogP contribution < -0.4 is 0 Å². The van der Waals surface area contributed by atoms with Crippen molar-refractivity contribution >= 4 is 11.9 Å². The number of unbranched alkanes of at least 4 members (excludes halogenated alkanes) is 3. The SMILES string of the molecule is CCCCC/C=C1/CC(CO)(COC(=O)CC(C(C)C)C(C)C)OC1=O. The first kappa shape index (κ1) is 22.7. The van der Waals surface area contributed by atoms with E-state index in [2.05, 4.69) is 34.6 Å². The largest absolute Gasteiger partial charge is 0.461 e. The smallest absolute Gasteiger partial charge is 0.334 e. The Balaban J connectivity index is 2.60. The molecule has 1 atom stereocenters. The molecule has 1 aliphatic rings. The van der Waals surface area contributed by atoms with Gasteiger partial charge in [0.15, 0.2) is 5.60 Å². The quantitative estimate of drug-likeness (QED) is 0.339. The maximum Gasteiger partial charge on any atom is 0.334 e. The van der Waals surface area contributed by atoms with Crippen LogP contribution in [-0.4, -0.2) is 35.9 Å². The van der Waals surface area contributed by atoms with Crippen molar-refractivity contribution in [2.75, 3.05) is 13.2 Å². The van der Waals surface area contributed by atoms with Crippen LogP contribution in [0.4, 0.5) is 0 Å². The van der Waals surface area contributed by atoms with Crippen LogP contribution in [0.25, 0.3) is 0 Å². The molecule has 0 spiro atoms. The molecule has 0 aromatic carbocycles. The Morgan fingerprint density at radius 3 is 2.46 bits per heavy atom. The second-order valence-electron chi connectivity index (χ2n) is 8.15. The van der Waals surface area contributed by atoms with E-state index in [0.717, 1.165) is 25.7 Å². The number of aliphatic hydroxyl groups is 1. The Hall–Kier alpha value is -1.36. The molecule has 0 bridgehead atoms. The minimum Gasteiger partial charge on any atom is -0.461 e. The van der Waals surface area contributed by atoms with Crippen molar-refractivity contribution in [1.29, 1.82) is 0 Å². The molecule has 1 unspecified atom stereocenters. The minimum atomic E-state index is -1.13. The average Bonchev–Trinajstić information content (AvgIpc) is 2.91. The topological polar surface area (TPSA) is 72.8 Å². The van der Waals surface area contributed by atoms with Crippen molar-refractivity contribution in [2.45, 2.75) is 78.7 Å². The summed E-state index contributed by atoms with van der Waals surface area (Å²) < 4.78 is 10.8. The summed E-state index contributed by atoms with van der Waals surface area (Å²) in [6.07, 6.45) is 6.62. The number of cyclic esters (lactones) is 1. The van der Waals surface area contributed by atoms with Gasteiger partial charge in [-0.2, -0.15) is 0 Å². The van der Waals surface area contributed by atoms with E-state index in [1.807, 2.05) is 6.08 Å². The number of allylic oxidation sites excluding steroid dienone is 1. The van der Waals surface area contributed by atoms with E-state index in [9.17, 15) is 14.7 Å². The Kier molecular flexibility index (Phi) is 9.34. The third-order valence-electron chi connectivity index (χ3n) is 5.18. The maximum atomic E-state index is 12.2. The van der Waals surface area contributed by atoms with Crippen molar-refractivity contribution in [2.24, 2.45) is 17.8 Å². The molecular formula is C21H36O5. The van der Waals surface area contributed by atoms with Gasteiger partial charge in [0.1, 0.15) is 6.61 Å². The highest BCUT2D eigenvalue weighted by Gasteiger charge is 2.44. The molecule has 5 nitrogen and oxygen atoms in total. The van der Waals surface area contributed by atoms with E-state index >= 15 is 0 Å². The molecule has 0 saturated carbocycles. The standard InChI is InChI=1S/C21H36O5/c1-6-7-8-9-10-17-12-21(13-22,26-20(17)24)14-25-19(23)11-18(15(2)3)16(4)5/h10,15-16,18,22H,6-9,11-14H2,1-5H3/b17-10-. The molecule has 1 fully saturated rings. The average molecular weight is 369 g/mol. The molecule has 150 valence electrons. The molecule has 1 N–H and O–H groups in total. The lowest BCUT2D eigenvalue weighted by Crippen LogP contribution is -2.39. The van der Waals surface area contributed by atoms with Gasteiger partial charge < -0.3 is 14.6 Å². The number of ether oxygens (including phenoxy) is 2. The molecule has 5 heteroatoms. The van der Waals surface area contributed by atoms with E-state index in [-0.39, 0.29) is 25.1 Å². The molecule has 1 aliphatic heterocycles. The number of aliphatic hydroxyl groups excluding tert-OH is 1. The number of esters is 2. The fourth-order valence-electron chi connectivity index (χ4n) is 3.46. The summed E-state index contributed by atoms with van der Waals surface area (Å²) in [6.45, 7) is 10.1. The van der Waals surface area contributed by atoms with Gasteiger partial charge in [0.25, 0.3) is 0 Å². The number of hydrogen-bond donors (Lipinski definition) is 1. The van der Waals surface area contributed by atoms with Gasteiger partial charge >= 0.3 is 11.9 Å². The van der Waals surface area contributed by atoms with Crippen LogP contribution >= 0.6 is 0 Å². The van der Waals surface area contributed by atoms with Gasteiger partial charge in [0.05, 0.1) is 6.61 Å². The molecule has 1 rings (SSSR count). The zero-order valence-corrected chi connectivity index (χ0v) is 17.0. The molecule has 26 heavy (non-hydrogen) atoms. The third kappa shape index (κ3) is 6.75. The summed E-state index contributed by atoms with van der Waals surface area (Å²) in [5, 5.41) is 9.74. The van der Waals surface area contributed by atoms with Gasteiger partial charge in [-0.1, -0.05) is 53.5 Å². The summed E-state index contributed by atoms with van der Waals surface area (Å²) in [5.41, 5.74) is -0.553. The van der Waals surface area contributed by atoms with Gasteiger partial charge in [-0.25, -0.2) is 4.79 Å². The second kappa shape index (κ2) is 10.7. The van der Waals surface area contributed by atoms with Crippen LogP contribution in [0.3, 0.4) is 0 Å². The van der Waals surface area contributed by atoms with Crippen LogP contribution in [0.2, 0.25) is 0 Å². The van der Waals surface area contributed by atoms with Gasteiger partial charge in [-0.3, -0.25) is 4.79 Å². The summed E-state index contributed by atoms with van der Waals surface area (Å²) in [6, 6.07) is 0. The Bertz CT molecular complexity index is 487. The van der Waals surface area contributed by atoms with E-state index in [1.165, 1.54) is 0 Å². The van der Waals surface area contributed by atoms with Crippen molar-refractivity contribution in [1.82, 2.24) is 0 Å². The van der Waals surface area contributed by atoms with Crippen molar-refractivity contribution in [3.63, 3.8) is 0 Å². The predicted molar refractivity (Wildman–Crippen MR) is 101 cm³/mol. The van der Waals surface area contributed by atoms with E-state index < -0.39 is 11.6 Å². The lowest BCUT2D eigenvalue weighted by Gasteiger charge is -2.26. The molecule has 0 amide bonds. The number of carbonyl (C=O) groups is 2. The fraction of sp³-hybridized carbons (Fsp3) is 0.810. The molecule has 0 aromatic rings. The van der Waals surface area contributed by atoms with Crippen molar-refractivity contribution in [3.05, 3.63) is 11.6 Å². The molecule has 0 radical (unpaired) electrons. The minimum absolute atomic E-state index is 0.0940. The Morgan fingerprint density at radius 2 is 1.92 bits per heavy atom. The van der Waals surface area contributed by atoms with Crippen LogP contribution in [0.5, 0.6) is 0 Å². The van der Waals surface area contributed by atoms with Crippen LogP contribution in [-0.2, 0) is 19.1 Å². The van der Waals surface area contributed by atoms with E-state index in [4.69, 9.17) is 9.47 Å². The molecular weight excluding hydrogens is 332 g/mol. The van der Waals surface area contributed by atoms with Crippen LogP contribution in [0.1, 0.15) is 73.1 Å². The first-order valence-corrected chi connectivity index (χ1v) is 9.93. The highest BCUT2D eigenvalue weighted by molar-refractivity contribution is 5.91. The van der Waals surface area contributed by atoms with Crippen molar-refractivity contribution < 1.29 is 24.2 Å². The maximum absolute atomic E-state index is 12.2. The van der Waals surface area contributed by atoms with Crippen molar-refractivity contribution in [3.8, 4) is 0 Å².